The summed E-state index contributed by atoms with van der Waals surface area (Å²) in [6.07, 6.45) is 2.69. The molecule has 14 nitrogen and oxygen atoms in total. The maximum absolute atomic E-state index is 11.6. The molecular formula is C19H28N6O8P2. The van der Waals surface area contributed by atoms with Crippen LogP contribution in [-0.4, -0.2) is 77.3 Å². The number of hydrogen-bond donors (Lipinski definition) is 1. The zero-order valence-corrected chi connectivity index (χ0v) is 21.2. The second-order valence-electron chi connectivity index (χ2n) is 8.12. The van der Waals surface area contributed by atoms with Gasteiger partial charge in [0.1, 0.15) is 30.7 Å². The van der Waals surface area contributed by atoms with Crippen LogP contribution < -0.4 is 17.1 Å². The summed E-state index contributed by atoms with van der Waals surface area (Å²) >= 11 is 0. The van der Waals surface area contributed by atoms with Gasteiger partial charge in [0.15, 0.2) is 5.82 Å². The molecule has 2 N–H and O–H groups in total. The van der Waals surface area contributed by atoms with Crippen molar-refractivity contribution in [3.05, 3.63) is 45.5 Å². The molecule has 0 spiro atoms. The summed E-state index contributed by atoms with van der Waals surface area (Å²) < 4.78 is 47.0. The van der Waals surface area contributed by atoms with Crippen molar-refractivity contribution in [3.63, 3.8) is 0 Å². The first kappa shape index (κ1) is 27.1. The van der Waals surface area contributed by atoms with Gasteiger partial charge in [-0.3, -0.25) is 18.3 Å². The number of hydrogen-bond acceptors (Lipinski definition) is 12. The largest absolute Gasteiger partial charge is 0.383 e. The van der Waals surface area contributed by atoms with Crippen LogP contribution in [0.5, 0.6) is 0 Å². The van der Waals surface area contributed by atoms with Gasteiger partial charge in [0.05, 0.1) is 26.3 Å². The van der Waals surface area contributed by atoms with E-state index in [0.717, 1.165) is 0 Å². The van der Waals surface area contributed by atoms with Gasteiger partial charge in [0.25, 0.3) is 0 Å². The van der Waals surface area contributed by atoms with E-state index in [1.165, 1.54) is 28.5 Å². The lowest BCUT2D eigenvalue weighted by Gasteiger charge is -2.27. The quantitative estimate of drug-likeness (QED) is 0.430. The molecule has 2 aliphatic rings. The van der Waals surface area contributed by atoms with Crippen molar-refractivity contribution in [2.45, 2.75) is 25.3 Å². The normalized spacial score (nSPS) is 28.5. The highest BCUT2D eigenvalue weighted by molar-refractivity contribution is 7.58. The Morgan fingerprint density at radius 1 is 0.971 bits per heavy atom. The third-order valence-electron chi connectivity index (χ3n) is 4.87. The molecule has 4 atom stereocenters. The molecule has 4 rings (SSSR count). The number of aliphatic imine (C=N–C) groups is 1. The van der Waals surface area contributed by atoms with Gasteiger partial charge in [-0.15, -0.1) is 0 Å². The van der Waals surface area contributed by atoms with Crippen LogP contribution in [-0.2, 0) is 40.7 Å². The first-order valence-electron chi connectivity index (χ1n) is 10.5. The topological polar surface area (TPSA) is 179 Å². The molecule has 16 heteroatoms. The van der Waals surface area contributed by atoms with Crippen LogP contribution in [0.4, 0.5) is 11.6 Å². The van der Waals surface area contributed by atoms with Crippen LogP contribution >= 0.6 is 14.7 Å². The molecule has 0 bridgehead atoms. The molecule has 0 radical (unpaired) electrons. The van der Waals surface area contributed by atoms with Crippen molar-refractivity contribution in [2.24, 2.45) is 4.99 Å². The lowest BCUT2D eigenvalue weighted by atomic mass is 10.3. The van der Waals surface area contributed by atoms with Crippen LogP contribution in [0.2, 0.25) is 0 Å². The molecule has 192 valence electrons. The second kappa shape index (κ2) is 11.5. The summed E-state index contributed by atoms with van der Waals surface area (Å²) in [5, 5.41) is 0. The summed E-state index contributed by atoms with van der Waals surface area (Å²) in [7, 11) is -5.20. The number of anilines is 1. The Labute approximate surface area is 201 Å². The lowest BCUT2D eigenvalue weighted by Crippen LogP contribution is -2.34. The molecule has 2 saturated heterocycles. The molecule has 2 aromatic rings. The molecule has 2 aromatic heterocycles. The Bertz CT molecular complexity index is 1240. The fourth-order valence-electron chi connectivity index (χ4n) is 3.01. The van der Waals surface area contributed by atoms with E-state index in [0.29, 0.717) is 13.1 Å². The van der Waals surface area contributed by atoms with E-state index in [1.807, 2.05) is 0 Å². The van der Waals surface area contributed by atoms with Crippen molar-refractivity contribution in [3.8, 4) is 0 Å². The average Bonchev–Trinajstić information content (AvgIpc) is 2.80. The minimum Gasteiger partial charge on any atom is -0.383 e. The van der Waals surface area contributed by atoms with Gasteiger partial charge in [-0.2, -0.15) is 9.97 Å². The number of aromatic nitrogens is 4. The second-order valence-corrected chi connectivity index (χ2v) is 13.2. The van der Waals surface area contributed by atoms with Crippen molar-refractivity contribution in [1.82, 2.24) is 19.1 Å². The minimum absolute atomic E-state index is 0.0755. The van der Waals surface area contributed by atoms with E-state index in [9.17, 15) is 18.7 Å². The van der Waals surface area contributed by atoms with Crippen LogP contribution in [0.3, 0.4) is 0 Å². The molecule has 35 heavy (non-hydrogen) atoms. The predicted octanol–water partition coefficient (Wildman–Crippen LogP) is 0.963. The fourth-order valence-corrected chi connectivity index (χ4v) is 5.09. The van der Waals surface area contributed by atoms with Gasteiger partial charge in [-0.05, 0) is 18.9 Å². The smallest absolute Gasteiger partial charge is 0.349 e. The molecule has 0 saturated carbocycles. The van der Waals surface area contributed by atoms with Crippen molar-refractivity contribution >= 4 is 33.1 Å². The maximum atomic E-state index is 11.6. The number of nitrogen functional groups attached to an aromatic ring is 1. The predicted molar refractivity (Wildman–Crippen MR) is 129 cm³/mol. The molecule has 2 aliphatic heterocycles. The summed E-state index contributed by atoms with van der Waals surface area (Å²) in [5.41, 5.74) is 4.52. The van der Waals surface area contributed by atoms with E-state index >= 15 is 0 Å². The number of nitrogens with two attached hydrogens (primary N) is 1. The SMILES string of the molecule is C=Nc1ccn(C[C@H]2COP(C)(=O)CO2)c(=O)n1.CP1(=O)CO[C@@H](Cn2ccc(N)nc2=O)CO1. The summed E-state index contributed by atoms with van der Waals surface area (Å²) in [6.45, 7) is 7.40. The van der Waals surface area contributed by atoms with E-state index in [4.69, 9.17) is 24.3 Å². The van der Waals surface area contributed by atoms with E-state index in [2.05, 4.69) is 21.7 Å². The number of rotatable bonds is 5. The van der Waals surface area contributed by atoms with Crippen LogP contribution in [0.25, 0.3) is 0 Å². The van der Waals surface area contributed by atoms with Crippen LogP contribution in [0.1, 0.15) is 0 Å². The first-order valence-corrected chi connectivity index (χ1v) is 15.0. The lowest BCUT2D eigenvalue weighted by molar-refractivity contribution is 0.00381. The fraction of sp³-hybridized carbons (Fsp3) is 0.526. The number of nitrogens with zero attached hydrogens (tertiary/aromatic N) is 5. The highest BCUT2D eigenvalue weighted by Gasteiger charge is 2.28. The van der Waals surface area contributed by atoms with E-state index < -0.39 is 26.1 Å². The van der Waals surface area contributed by atoms with Crippen LogP contribution in [0, 0.1) is 0 Å². The third-order valence-corrected chi connectivity index (χ3v) is 7.50. The maximum Gasteiger partial charge on any atom is 0.349 e. The molecule has 0 aromatic carbocycles. The highest BCUT2D eigenvalue weighted by atomic mass is 31.2. The summed E-state index contributed by atoms with van der Waals surface area (Å²) in [5.74, 6) is 0.472. The Kier molecular flexibility index (Phi) is 8.92. The Morgan fingerprint density at radius 3 is 1.86 bits per heavy atom. The van der Waals surface area contributed by atoms with Crippen molar-refractivity contribution < 1.29 is 27.7 Å². The van der Waals surface area contributed by atoms with Crippen LogP contribution in [0.15, 0.2) is 39.1 Å². The van der Waals surface area contributed by atoms with E-state index in [1.54, 1.807) is 18.5 Å². The molecule has 2 fully saturated rings. The monoisotopic (exact) mass is 530 g/mol. The van der Waals surface area contributed by atoms with Gasteiger partial charge in [-0.25, -0.2) is 14.6 Å². The summed E-state index contributed by atoms with van der Waals surface area (Å²) in [6, 6.07) is 3.12. The molecule has 2 unspecified atom stereocenters. The first-order chi connectivity index (χ1) is 16.5. The third kappa shape index (κ3) is 8.31. The highest BCUT2D eigenvalue weighted by Crippen LogP contribution is 2.46. The zero-order chi connectivity index (χ0) is 25.6. The Morgan fingerprint density at radius 2 is 1.46 bits per heavy atom. The zero-order valence-electron chi connectivity index (χ0n) is 19.4. The van der Waals surface area contributed by atoms with Gasteiger partial charge >= 0.3 is 11.4 Å². The van der Waals surface area contributed by atoms with Crippen molar-refractivity contribution in [1.29, 1.82) is 0 Å². The molecule has 0 aliphatic carbocycles. The Hall–Kier alpha value is -2.47. The van der Waals surface area contributed by atoms with E-state index in [-0.39, 0.29) is 49.8 Å². The average molecular weight is 530 g/mol. The standard InChI is InChI=1S/C10H14N3O4P.C9H14N3O4P/c1-11-9-3-4-13(10(14)12-9)5-8-6-17-18(2,15)7-16-8;1-17(14)6-15-7(5-16-17)4-12-3-2-8(10)11-9(12)13/h3-4,8H,1,5-7H2,2H3;2-3,7H,4-6H2,1H3,(H2,10,11,13)/t8-,18?;7-,17?/m00/s1. The number of ether oxygens (including phenoxy) is 2. The Balaban J connectivity index is 0.000000196. The van der Waals surface area contributed by atoms with Gasteiger partial charge < -0.3 is 24.3 Å². The molecule has 0 amide bonds. The van der Waals surface area contributed by atoms with Gasteiger partial charge in [-0.1, -0.05) is 0 Å². The minimum atomic E-state index is -2.60. The van der Waals surface area contributed by atoms with Crippen molar-refractivity contribution in [2.75, 3.05) is 45.0 Å². The van der Waals surface area contributed by atoms with Gasteiger partial charge in [0.2, 0.25) is 14.7 Å². The molecular weight excluding hydrogens is 502 g/mol. The molecule has 4 heterocycles. The summed E-state index contributed by atoms with van der Waals surface area (Å²) in [4.78, 5) is 34.0. The van der Waals surface area contributed by atoms with Gasteiger partial charge in [0, 0.05) is 25.7 Å².